The molecule has 154 valence electrons. The van der Waals surface area contributed by atoms with Crippen LogP contribution >= 0.6 is 23.2 Å². The lowest BCUT2D eigenvalue weighted by atomic mass is 10.0. The second-order valence-electron chi connectivity index (χ2n) is 7.79. The lowest BCUT2D eigenvalue weighted by molar-refractivity contribution is 0.0270. The Bertz CT molecular complexity index is 923. The van der Waals surface area contributed by atoms with E-state index in [0.717, 1.165) is 16.8 Å². The second-order valence-corrected chi connectivity index (χ2v) is 8.63. The van der Waals surface area contributed by atoms with E-state index in [1.54, 1.807) is 17.0 Å². The highest BCUT2D eigenvalue weighted by atomic mass is 35.5. The summed E-state index contributed by atoms with van der Waals surface area (Å²) in [6.45, 7) is 6.98. The Hall–Kier alpha value is -2.24. The highest BCUT2D eigenvalue weighted by molar-refractivity contribution is 6.35. The standard InChI is InChI=1S/C22H24Cl2N2O3/c1-22(2,3)29-21(27)26-11-9-15(10-12-26)19-5-4-6-20(25-19)28-14-16-7-8-17(23)13-18(16)24/h4-9,13H,10-12,14H2,1-3H3. The van der Waals surface area contributed by atoms with Gasteiger partial charge in [0.05, 0.1) is 5.69 Å². The first-order valence-electron chi connectivity index (χ1n) is 9.42. The summed E-state index contributed by atoms with van der Waals surface area (Å²) in [5, 5.41) is 1.15. The van der Waals surface area contributed by atoms with Crippen LogP contribution in [-0.2, 0) is 11.3 Å². The number of aromatic nitrogens is 1. The van der Waals surface area contributed by atoms with Crippen molar-refractivity contribution in [3.05, 3.63) is 63.8 Å². The summed E-state index contributed by atoms with van der Waals surface area (Å²) >= 11 is 12.1. The van der Waals surface area contributed by atoms with Crippen LogP contribution in [0.5, 0.6) is 5.88 Å². The molecule has 0 N–H and O–H groups in total. The van der Waals surface area contributed by atoms with Crippen LogP contribution in [0.25, 0.3) is 5.57 Å². The van der Waals surface area contributed by atoms with Gasteiger partial charge in [-0.2, -0.15) is 0 Å². The molecule has 1 aromatic carbocycles. The van der Waals surface area contributed by atoms with Crippen molar-refractivity contribution in [1.82, 2.24) is 9.88 Å². The average Bonchev–Trinajstić information content (AvgIpc) is 2.66. The van der Waals surface area contributed by atoms with Crippen molar-refractivity contribution in [2.45, 2.75) is 39.4 Å². The predicted octanol–water partition coefficient (Wildman–Crippen LogP) is 5.99. The minimum absolute atomic E-state index is 0.294. The summed E-state index contributed by atoms with van der Waals surface area (Å²) in [6.07, 6.45) is 2.42. The van der Waals surface area contributed by atoms with E-state index in [-0.39, 0.29) is 6.09 Å². The summed E-state index contributed by atoms with van der Waals surface area (Å²) in [6, 6.07) is 11.0. The zero-order valence-electron chi connectivity index (χ0n) is 16.7. The molecular formula is C22H24Cl2N2O3. The lowest BCUT2D eigenvalue weighted by Crippen LogP contribution is -2.39. The van der Waals surface area contributed by atoms with Crippen LogP contribution in [-0.4, -0.2) is 34.7 Å². The molecule has 1 aliphatic heterocycles. The number of halogens is 2. The summed E-state index contributed by atoms with van der Waals surface area (Å²) in [5.74, 6) is 0.518. The lowest BCUT2D eigenvalue weighted by Gasteiger charge is -2.29. The van der Waals surface area contributed by atoms with Crippen LogP contribution in [0.2, 0.25) is 10.0 Å². The fraction of sp³-hybridized carbons (Fsp3) is 0.364. The van der Waals surface area contributed by atoms with Gasteiger partial charge >= 0.3 is 6.09 Å². The van der Waals surface area contributed by atoms with E-state index < -0.39 is 5.60 Å². The molecule has 0 aliphatic carbocycles. The average molecular weight is 435 g/mol. The first-order valence-corrected chi connectivity index (χ1v) is 10.2. The van der Waals surface area contributed by atoms with Gasteiger partial charge < -0.3 is 14.4 Å². The van der Waals surface area contributed by atoms with Gasteiger partial charge in [-0.15, -0.1) is 0 Å². The van der Waals surface area contributed by atoms with Crippen molar-refractivity contribution < 1.29 is 14.3 Å². The largest absolute Gasteiger partial charge is 0.473 e. The Balaban J connectivity index is 1.63. The van der Waals surface area contributed by atoms with Crippen LogP contribution in [0.15, 0.2) is 42.5 Å². The molecule has 0 saturated carbocycles. The van der Waals surface area contributed by atoms with Gasteiger partial charge in [0.1, 0.15) is 12.2 Å². The zero-order chi connectivity index (χ0) is 21.0. The first kappa shape index (κ1) is 21.5. The van der Waals surface area contributed by atoms with E-state index in [9.17, 15) is 4.79 Å². The Morgan fingerprint density at radius 1 is 1.21 bits per heavy atom. The van der Waals surface area contributed by atoms with Gasteiger partial charge in [-0.1, -0.05) is 41.4 Å². The Kier molecular flexibility index (Phi) is 6.70. The summed E-state index contributed by atoms with van der Waals surface area (Å²) in [7, 11) is 0. The molecule has 1 aromatic heterocycles. The predicted molar refractivity (Wildman–Crippen MR) is 115 cm³/mol. The minimum Gasteiger partial charge on any atom is -0.473 e. The number of carbonyl (C=O) groups excluding carboxylic acids is 1. The molecule has 0 saturated heterocycles. The van der Waals surface area contributed by atoms with Crippen molar-refractivity contribution in [2.24, 2.45) is 0 Å². The first-order chi connectivity index (χ1) is 13.7. The number of hydrogen-bond acceptors (Lipinski definition) is 4. The fourth-order valence-corrected chi connectivity index (χ4v) is 3.32. The maximum absolute atomic E-state index is 12.2. The van der Waals surface area contributed by atoms with E-state index >= 15 is 0 Å². The smallest absolute Gasteiger partial charge is 0.410 e. The molecule has 0 atom stereocenters. The maximum Gasteiger partial charge on any atom is 0.410 e. The molecule has 0 bridgehead atoms. The van der Waals surface area contributed by atoms with Gasteiger partial charge in [-0.3, -0.25) is 0 Å². The van der Waals surface area contributed by atoms with Crippen LogP contribution in [0.4, 0.5) is 4.79 Å². The zero-order valence-corrected chi connectivity index (χ0v) is 18.3. The van der Waals surface area contributed by atoms with Gasteiger partial charge in [0.25, 0.3) is 0 Å². The molecule has 0 radical (unpaired) electrons. The van der Waals surface area contributed by atoms with Crippen molar-refractivity contribution in [2.75, 3.05) is 13.1 Å². The van der Waals surface area contributed by atoms with Gasteiger partial charge in [-0.05, 0) is 51.0 Å². The molecule has 0 spiro atoms. The molecular weight excluding hydrogens is 411 g/mol. The Morgan fingerprint density at radius 3 is 2.66 bits per heavy atom. The summed E-state index contributed by atoms with van der Waals surface area (Å²) in [4.78, 5) is 18.5. The Labute approximate surface area is 181 Å². The summed E-state index contributed by atoms with van der Waals surface area (Å²) < 4.78 is 11.2. The molecule has 0 unspecified atom stereocenters. The molecule has 2 aromatic rings. The number of hydrogen-bond donors (Lipinski definition) is 0. The van der Waals surface area contributed by atoms with Crippen molar-refractivity contribution in [3.8, 4) is 5.88 Å². The van der Waals surface area contributed by atoms with Crippen molar-refractivity contribution >= 4 is 34.9 Å². The fourth-order valence-electron chi connectivity index (χ4n) is 2.86. The molecule has 2 heterocycles. The topological polar surface area (TPSA) is 51.7 Å². The third-order valence-electron chi connectivity index (χ3n) is 4.30. The number of ether oxygens (including phenoxy) is 2. The highest BCUT2D eigenvalue weighted by Gasteiger charge is 2.24. The molecule has 0 fully saturated rings. The molecule has 7 heteroatoms. The molecule has 1 amide bonds. The van der Waals surface area contributed by atoms with Crippen LogP contribution in [0.3, 0.4) is 0 Å². The third-order valence-corrected chi connectivity index (χ3v) is 4.89. The molecule has 5 nitrogen and oxygen atoms in total. The quantitative estimate of drug-likeness (QED) is 0.592. The highest BCUT2D eigenvalue weighted by Crippen LogP contribution is 2.25. The third kappa shape index (κ3) is 6.12. The summed E-state index contributed by atoms with van der Waals surface area (Å²) in [5.41, 5.74) is 2.27. The Morgan fingerprint density at radius 2 is 2.00 bits per heavy atom. The molecule has 1 aliphatic rings. The molecule has 29 heavy (non-hydrogen) atoms. The van der Waals surface area contributed by atoms with Crippen LogP contribution < -0.4 is 4.74 Å². The van der Waals surface area contributed by atoms with E-state index in [4.69, 9.17) is 32.7 Å². The number of amides is 1. The van der Waals surface area contributed by atoms with E-state index in [0.29, 0.717) is 42.0 Å². The monoisotopic (exact) mass is 434 g/mol. The van der Waals surface area contributed by atoms with Gasteiger partial charge in [0, 0.05) is 34.8 Å². The molecule has 3 rings (SSSR count). The van der Waals surface area contributed by atoms with E-state index in [1.807, 2.05) is 51.1 Å². The number of carbonyl (C=O) groups is 1. The second kappa shape index (κ2) is 9.06. The van der Waals surface area contributed by atoms with Gasteiger partial charge in [0.15, 0.2) is 0 Å². The van der Waals surface area contributed by atoms with E-state index in [1.165, 1.54) is 0 Å². The number of rotatable bonds is 4. The normalized spacial score (nSPS) is 14.4. The maximum atomic E-state index is 12.2. The van der Waals surface area contributed by atoms with Gasteiger partial charge in [-0.25, -0.2) is 9.78 Å². The number of benzene rings is 1. The number of pyridine rings is 1. The van der Waals surface area contributed by atoms with Crippen LogP contribution in [0.1, 0.15) is 38.4 Å². The van der Waals surface area contributed by atoms with E-state index in [2.05, 4.69) is 4.98 Å². The van der Waals surface area contributed by atoms with Gasteiger partial charge in [0.2, 0.25) is 5.88 Å². The van der Waals surface area contributed by atoms with Crippen LogP contribution in [0, 0.1) is 0 Å². The van der Waals surface area contributed by atoms with Crippen molar-refractivity contribution in [3.63, 3.8) is 0 Å². The minimum atomic E-state index is -0.499. The van der Waals surface area contributed by atoms with Crippen molar-refractivity contribution in [1.29, 1.82) is 0 Å². The number of nitrogens with zero attached hydrogens (tertiary/aromatic N) is 2. The SMILES string of the molecule is CC(C)(C)OC(=O)N1CC=C(c2cccc(OCc3ccc(Cl)cc3Cl)n2)CC1.